The molecular weight excluding hydrogens is 320 g/mol. The molecule has 0 saturated carbocycles. The largest absolute Gasteiger partial charge is 0.367 e. The summed E-state index contributed by atoms with van der Waals surface area (Å²) in [6.45, 7) is 1.63. The number of fused-ring (bicyclic) bond motifs is 1. The van der Waals surface area contributed by atoms with E-state index in [1.807, 2.05) is 18.2 Å². The molecule has 4 nitrogen and oxygen atoms in total. The molecule has 0 fully saturated rings. The highest BCUT2D eigenvalue weighted by atomic mass is 79.9. The highest BCUT2D eigenvalue weighted by Gasteiger charge is 2.21. The Balaban J connectivity index is 1.90. The normalized spacial score (nSPS) is 13.3. The molecule has 2 aromatic carbocycles. The second-order valence-electron chi connectivity index (χ2n) is 4.81. The van der Waals surface area contributed by atoms with Crippen LogP contribution in [0.4, 0.5) is 11.4 Å². The Bertz CT molecular complexity index is 673. The van der Waals surface area contributed by atoms with Gasteiger partial charge in [0.2, 0.25) is 0 Å². The van der Waals surface area contributed by atoms with Crippen molar-refractivity contribution in [2.75, 3.05) is 11.4 Å². The minimum absolute atomic E-state index is 0.120. The lowest BCUT2D eigenvalue weighted by atomic mass is 10.1. The lowest BCUT2D eigenvalue weighted by Gasteiger charge is -2.20. The third kappa shape index (κ3) is 2.29. The Kier molecular flexibility index (Phi) is 3.44. The van der Waals surface area contributed by atoms with Gasteiger partial charge in [-0.05, 0) is 39.5 Å². The monoisotopic (exact) mass is 332 g/mol. The zero-order valence-electron chi connectivity index (χ0n) is 10.8. The van der Waals surface area contributed by atoms with Crippen molar-refractivity contribution in [3.05, 3.63) is 68.2 Å². The van der Waals surface area contributed by atoms with Gasteiger partial charge in [0.15, 0.2) is 0 Å². The van der Waals surface area contributed by atoms with E-state index in [1.54, 1.807) is 6.07 Å². The van der Waals surface area contributed by atoms with Crippen molar-refractivity contribution < 1.29 is 4.92 Å². The van der Waals surface area contributed by atoms with Crippen LogP contribution in [-0.2, 0) is 13.0 Å². The number of hydrogen-bond acceptors (Lipinski definition) is 3. The molecule has 0 atom stereocenters. The summed E-state index contributed by atoms with van der Waals surface area (Å²) in [4.78, 5) is 12.9. The van der Waals surface area contributed by atoms with Gasteiger partial charge in [-0.25, -0.2) is 0 Å². The molecule has 3 rings (SSSR count). The minimum Gasteiger partial charge on any atom is -0.367 e. The van der Waals surface area contributed by atoms with E-state index in [4.69, 9.17) is 0 Å². The lowest BCUT2D eigenvalue weighted by molar-refractivity contribution is -0.385. The van der Waals surface area contributed by atoms with Crippen LogP contribution in [0.3, 0.4) is 0 Å². The zero-order chi connectivity index (χ0) is 14.1. The van der Waals surface area contributed by atoms with Crippen molar-refractivity contribution in [2.45, 2.75) is 13.0 Å². The van der Waals surface area contributed by atoms with Crippen molar-refractivity contribution in [3.63, 3.8) is 0 Å². The van der Waals surface area contributed by atoms with Gasteiger partial charge in [0.25, 0.3) is 5.69 Å². The standard InChI is InChI=1S/C15H13BrN2O2/c16-15-12(5-3-7-14(15)18(19)20)10-17-9-8-11-4-1-2-6-13(11)17/h1-7H,8-10H2. The van der Waals surface area contributed by atoms with Crippen molar-refractivity contribution in [1.29, 1.82) is 0 Å². The number of rotatable bonds is 3. The van der Waals surface area contributed by atoms with Crippen LogP contribution in [0.1, 0.15) is 11.1 Å². The van der Waals surface area contributed by atoms with Gasteiger partial charge in [-0.1, -0.05) is 30.3 Å². The quantitative estimate of drug-likeness (QED) is 0.632. The molecule has 0 bridgehead atoms. The second kappa shape index (κ2) is 5.25. The highest BCUT2D eigenvalue weighted by molar-refractivity contribution is 9.10. The summed E-state index contributed by atoms with van der Waals surface area (Å²) in [6.07, 6.45) is 1.03. The van der Waals surface area contributed by atoms with Gasteiger partial charge in [0, 0.05) is 24.8 Å². The zero-order valence-corrected chi connectivity index (χ0v) is 12.3. The number of benzene rings is 2. The fourth-order valence-corrected chi connectivity index (χ4v) is 3.14. The number of halogens is 1. The van der Waals surface area contributed by atoms with Crippen LogP contribution in [0.2, 0.25) is 0 Å². The van der Waals surface area contributed by atoms with E-state index in [9.17, 15) is 10.1 Å². The van der Waals surface area contributed by atoms with E-state index in [0.29, 0.717) is 11.0 Å². The van der Waals surface area contributed by atoms with Gasteiger partial charge in [-0.3, -0.25) is 10.1 Å². The number of hydrogen-bond donors (Lipinski definition) is 0. The first-order valence-electron chi connectivity index (χ1n) is 6.41. The van der Waals surface area contributed by atoms with Crippen molar-refractivity contribution in [1.82, 2.24) is 0 Å². The minimum atomic E-state index is -0.356. The summed E-state index contributed by atoms with van der Waals surface area (Å²) in [6, 6.07) is 13.5. The molecule has 0 aliphatic carbocycles. The summed E-state index contributed by atoms with van der Waals surface area (Å²) >= 11 is 3.36. The molecular formula is C15H13BrN2O2. The van der Waals surface area contributed by atoms with Crippen LogP contribution in [-0.4, -0.2) is 11.5 Å². The fourth-order valence-electron chi connectivity index (χ4n) is 2.61. The summed E-state index contributed by atoms with van der Waals surface area (Å²) in [5.41, 5.74) is 3.63. The fraction of sp³-hybridized carbons (Fsp3) is 0.200. The second-order valence-corrected chi connectivity index (χ2v) is 5.60. The van der Waals surface area contributed by atoms with E-state index in [2.05, 4.69) is 33.0 Å². The molecule has 0 aromatic heterocycles. The predicted molar refractivity (Wildman–Crippen MR) is 82.0 cm³/mol. The molecule has 0 radical (unpaired) electrons. The van der Waals surface area contributed by atoms with Crippen molar-refractivity contribution >= 4 is 27.3 Å². The third-order valence-electron chi connectivity index (χ3n) is 3.60. The van der Waals surface area contributed by atoms with Gasteiger partial charge >= 0.3 is 0 Å². The average Bonchev–Trinajstić information content (AvgIpc) is 2.84. The molecule has 2 aromatic rings. The van der Waals surface area contributed by atoms with Crippen molar-refractivity contribution in [2.24, 2.45) is 0 Å². The first-order valence-corrected chi connectivity index (χ1v) is 7.21. The Labute approximate surface area is 125 Å². The Morgan fingerprint density at radius 1 is 1.20 bits per heavy atom. The topological polar surface area (TPSA) is 46.4 Å². The Morgan fingerprint density at radius 3 is 2.80 bits per heavy atom. The van der Waals surface area contributed by atoms with Crippen LogP contribution in [0.5, 0.6) is 0 Å². The lowest BCUT2D eigenvalue weighted by Crippen LogP contribution is -2.20. The van der Waals surface area contributed by atoms with E-state index >= 15 is 0 Å². The third-order valence-corrected chi connectivity index (χ3v) is 4.52. The molecule has 1 aliphatic heterocycles. The number of nitro groups is 1. The molecule has 0 unspecified atom stereocenters. The maximum absolute atomic E-state index is 11.0. The molecule has 0 spiro atoms. The molecule has 0 amide bonds. The van der Waals surface area contributed by atoms with Gasteiger partial charge in [0.1, 0.15) is 4.47 Å². The highest BCUT2D eigenvalue weighted by Crippen LogP contribution is 2.33. The molecule has 102 valence electrons. The van der Waals surface area contributed by atoms with Crippen LogP contribution in [0, 0.1) is 10.1 Å². The first-order chi connectivity index (χ1) is 9.66. The van der Waals surface area contributed by atoms with Crippen LogP contribution in [0.15, 0.2) is 46.9 Å². The smallest absolute Gasteiger partial charge is 0.283 e. The SMILES string of the molecule is O=[N+]([O-])c1cccc(CN2CCc3ccccc32)c1Br. The Morgan fingerprint density at radius 2 is 2.00 bits per heavy atom. The van der Waals surface area contributed by atoms with Crippen LogP contribution in [0.25, 0.3) is 0 Å². The maximum atomic E-state index is 11.0. The molecule has 0 N–H and O–H groups in total. The van der Waals surface area contributed by atoms with E-state index in [-0.39, 0.29) is 10.6 Å². The predicted octanol–water partition coefficient (Wildman–Crippen LogP) is 3.92. The first kappa shape index (κ1) is 13.1. The molecule has 0 saturated heterocycles. The van der Waals surface area contributed by atoms with E-state index in [1.165, 1.54) is 17.3 Å². The summed E-state index contributed by atoms with van der Waals surface area (Å²) < 4.78 is 0.578. The van der Waals surface area contributed by atoms with Crippen LogP contribution < -0.4 is 4.90 Å². The number of nitrogens with zero attached hydrogens (tertiary/aromatic N) is 2. The van der Waals surface area contributed by atoms with Gasteiger partial charge in [0.05, 0.1) is 4.92 Å². The summed E-state index contributed by atoms with van der Waals surface area (Å²) in [5.74, 6) is 0. The summed E-state index contributed by atoms with van der Waals surface area (Å²) in [7, 11) is 0. The van der Waals surface area contributed by atoms with Crippen molar-refractivity contribution in [3.8, 4) is 0 Å². The van der Waals surface area contributed by atoms with E-state index < -0.39 is 0 Å². The summed E-state index contributed by atoms with van der Waals surface area (Å²) in [5, 5.41) is 11.0. The average molecular weight is 333 g/mol. The van der Waals surface area contributed by atoms with Crippen LogP contribution >= 0.6 is 15.9 Å². The van der Waals surface area contributed by atoms with E-state index in [0.717, 1.165) is 18.5 Å². The van der Waals surface area contributed by atoms with Gasteiger partial charge < -0.3 is 4.90 Å². The molecule has 1 heterocycles. The maximum Gasteiger partial charge on any atom is 0.283 e. The molecule has 20 heavy (non-hydrogen) atoms. The number of anilines is 1. The number of para-hydroxylation sites is 1. The number of nitro benzene ring substituents is 1. The van der Waals surface area contributed by atoms with Gasteiger partial charge in [-0.15, -0.1) is 0 Å². The molecule has 1 aliphatic rings. The van der Waals surface area contributed by atoms with Gasteiger partial charge in [-0.2, -0.15) is 0 Å². The molecule has 5 heteroatoms. The Hall–Kier alpha value is -1.88.